The third kappa shape index (κ3) is 3.64. The Kier molecular flexibility index (Phi) is 4.63. The zero-order valence-electron chi connectivity index (χ0n) is 11.2. The minimum absolute atomic E-state index is 0.0221. The number of hydrogen-bond donors (Lipinski definition) is 2. The highest BCUT2D eigenvalue weighted by Crippen LogP contribution is 2.17. The van der Waals surface area contributed by atoms with E-state index in [1.54, 1.807) is 42.5 Å². The Morgan fingerprint density at radius 2 is 1.76 bits per heavy atom. The van der Waals surface area contributed by atoms with Crippen molar-refractivity contribution in [2.45, 2.75) is 12.6 Å². The van der Waals surface area contributed by atoms with Gasteiger partial charge in [0.15, 0.2) is 0 Å². The number of nitro benzene ring substituents is 1. The van der Waals surface area contributed by atoms with Gasteiger partial charge in [-0.2, -0.15) is 0 Å². The van der Waals surface area contributed by atoms with Crippen LogP contribution in [-0.4, -0.2) is 10.8 Å². The molecule has 0 fully saturated rings. The van der Waals surface area contributed by atoms with Crippen molar-refractivity contribution in [2.75, 3.05) is 0 Å². The number of nitrogens with two attached hydrogens (primary N) is 1. The number of benzene rings is 2. The molecule has 0 aromatic heterocycles. The van der Waals surface area contributed by atoms with Crippen LogP contribution in [0, 0.1) is 10.1 Å². The van der Waals surface area contributed by atoms with E-state index in [0.717, 1.165) is 0 Å². The van der Waals surface area contributed by atoms with Crippen molar-refractivity contribution >= 4 is 11.6 Å². The van der Waals surface area contributed by atoms with Crippen LogP contribution in [-0.2, 0) is 11.3 Å². The maximum atomic E-state index is 12.0. The smallest absolute Gasteiger partial charge is 0.274 e. The lowest BCUT2D eigenvalue weighted by Gasteiger charge is -2.12. The number of rotatable bonds is 5. The molecule has 2 aromatic rings. The Morgan fingerprint density at radius 3 is 2.43 bits per heavy atom. The van der Waals surface area contributed by atoms with E-state index in [0.29, 0.717) is 11.1 Å². The van der Waals surface area contributed by atoms with Crippen LogP contribution in [0.2, 0.25) is 0 Å². The zero-order chi connectivity index (χ0) is 15.2. The maximum absolute atomic E-state index is 12.0. The molecular formula is C15H15N3O3. The first-order valence-corrected chi connectivity index (χ1v) is 6.40. The SMILES string of the molecule is N[C@H](C(=O)NCc1ccccc1[N+](=O)[O-])c1ccccc1. The summed E-state index contributed by atoms with van der Waals surface area (Å²) in [5.74, 6) is -0.376. The summed E-state index contributed by atoms with van der Waals surface area (Å²) in [6, 6.07) is 14.4. The van der Waals surface area contributed by atoms with Gasteiger partial charge < -0.3 is 11.1 Å². The summed E-state index contributed by atoms with van der Waals surface area (Å²) in [5, 5.41) is 13.5. The molecular weight excluding hydrogens is 270 g/mol. The third-order valence-corrected chi connectivity index (χ3v) is 3.08. The molecule has 0 spiro atoms. The number of nitro groups is 1. The molecule has 0 aliphatic heterocycles. The monoisotopic (exact) mass is 285 g/mol. The molecule has 6 nitrogen and oxygen atoms in total. The Labute approximate surface area is 121 Å². The topological polar surface area (TPSA) is 98.3 Å². The fourth-order valence-electron chi connectivity index (χ4n) is 1.94. The number of hydrogen-bond acceptors (Lipinski definition) is 4. The van der Waals surface area contributed by atoms with Crippen molar-refractivity contribution in [2.24, 2.45) is 5.73 Å². The van der Waals surface area contributed by atoms with Gasteiger partial charge in [0, 0.05) is 18.2 Å². The molecule has 2 aromatic carbocycles. The van der Waals surface area contributed by atoms with Crippen LogP contribution in [0.3, 0.4) is 0 Å². The second kappa shape index (κ2) is 6.62. The van der Waals surface area contributed by atoms with Crippen LogP contribution in [0.1, 0.15) is 17.2 Å². The molecule has 0 unspecified atom stereocenters. The van der Waals surface area contributed by atoms with Crippen LogP contribution < -0.4 is 11.1 Å². The molecule has 0 radical (unpaired) electrons. The number of para-hydroxylation sites is 1. The standard InChI is InChI=1S/C15H15N3O3/c16-14(11-6-2-1-3-7-11)15(19)17-10-12-8-4-5-9-13(12)18(20)21/h1-9,14H,10,16H2,(H,17,19)/t14-/m0/s1. The van der Waals surface area contributed by atoms with Gasteiger partial charge in [0.25, 0.3) is 5.69 Å². The molecule has 0 saturated heterocycles. The molecule has 3 N–H and O–H groups in total. The van der Waals surface area contributed by atoms with E-state index in [2.05, 4.69) is 5.32 Å². The molecule has 1 amide bonds. The molecule has 6 heteroatoms. The Morgan fingerprint density at radius 1 is 1.14 bits per heavy atom. The molecule has 0 saturated carbocycles. The summed E-state index contributed by atoms with van der Waals surface area (Å²) in [4.78, 5) is 22.4. The van der Waals surface area contributed by atoms with E-state index in [1.807, 2.05) is 6.07 Å². The van der Waals surface area contributed by atoms with Crippen molar-refractivity contribution in [3.05, 3.63) is 75.8 Å². The van der Waals surface area contributed by atoms with E-state index >= 15 is 0 Å². The Balaban J connectivity index is 2.03. The molecule has 0 bridgehead atoms. The Hall–Kier alpha value is -2.73. The summed E-state index contributed by atoms with van der Waals surface area (Å²) in [6.07, 6.45) is 0. The molecule has 0 aliphatic rings. The number of nitrogens with zero attached hydrogens (tertiary/aromatic N) is 1. The quantitative estimate of drug-likeness (QED) is 0.647. The van der Waals surface area contributed by atoms with E-state index in [9.17, 15) is 14.9 Å². The van der Waals surface area contributed by atoms with Gasteiger partial charge in [-0.3, -0.25) is 14.9 Å². The summed E-state index contributed by atoms with van der Waals surface area (Å²) < 4.78 is 0. The largest absolute Gasteiger partial charge is 0.350 e. The highest BCUT2D eigenvalue weighted by atomic mass is 16.6. The van der Waals surface area contributed by atoms with E-state index in [-0.39, 0.29) is 18.1 Å². The minimum atomic E-state index is -0.797. The number of nitrogens with one attached hydrogen (secondary N) is 1. The van der Waals surface area contributed by atoms with E-state index in [1.165, 1.54) is 6.07 Å². The first-order valence-electron chi connectivity index (χ1n) is 6.40. The second-order valence-electron chi connectivity index (χ2n) is 4.49. The zero-order valence-corrected chi connectivity index (χ0v) is 11.2. The van der Waals surface area contributed by atoms with Gasteiger partial charge in [-0.1, -0.05) is 48.5 Å². The summed E-state index contributed by atoms with van der Waals surface area (Å²) in [5.41, 5.74) is 6.97. The average Bonchev–Trinajstić information content (AvgIpc) is 2.52. The lowest BCUT2D eigenvalue weighted by Crippen LogP contribution is -2.33. The van der Waals surface area contributed by atoms with Gasteiger partial charge in [-0.05, 0) is 5.56 Å². The fourth-order valence-corrected chi connectivity index (χ4v) is 1.94. The first-order chi connectivity index (χ1) is 10.1. The first kappa shape index (κ1) is 14.7. The van der Waals surface area contributed by atoms with Crippen molar-refractivity contribution in [3.8, 4) is 0 Å². The van der Waals surface area contributed by atoms with Gasteiger partial charge in [0.05, 0.1) is 4.92 Å². The summed E-state index contributed by atoms with van der Waals surface area (Å²) >= 11 is 0. The van der Waals surface area contributed by atoms with Crippen molar-refractivity contribution < 1.29 is 9.72 Å². The van der Waals surface area contributed by atoms with Crippen LogP contribution >= 0.6 is 0 Å². The lowest BCUT2D eigenvalue weighted by molar-refractivity contribution is -0.385. The van der Waals surface area contributed by atoms with Crippen molar-refractivity contribution in [3.63, 3.8) is 0 Å². The number of carbonyl (C=O) groups is 1. The second-order valence-corrected chi connectivity index (χ2v) is 4.49. The van der Waals surface area contributed by atoms with Crippen LogP contribution in [0.25, 0.3) is 0 Å². The van der Waals surface area contributed by atoms with Crippen LogP contribution in [0.5, 0.6) is 0 Å². The van der Waals surface area contributed by atoms with Gasteiger partial charge in [-0.25, -0.2) is 0 Å². The van der Waals surface area contributed by atoms with Gasteiger partial charge >= 0.3 is 0 Å². The molecule has 21 heavy (non-hydrogen) atoms. The van der Waals surface area contributed by atoms with Crippen molar-refractivity contribution in [1.82, 2.24) is 5.32 Å². The highest BCUT2D eigenvalue weighted by molar-refractivity contribution is 5.82. The molecule has 1 atom stereocenters. The van der Waals surface area contributed by atoms with Gasteiger partial charge in [0.2, 0.25) is 5.91 Å². The highest BCUT2D eigenvalue weighted by Gasteiger charge is 2.17. The Bertz CT molecular complexity index is 644. The number of amides is 1. The van der Waals surface area contributed by atoms with Crippen LogP contribution in [0.4, 0.5) is 5.69 Å². The summed E-state index contributed by atoms with van der Waals surface area (Å²) in [6.45, 7) is 0.0660. The average molecular weight is 285 g/mol. The third-order valence-electron chi connectivity index (χ3n) is 3.08. The van der Waals surface area contributed by atoms with E-state index < -0.39 is 11.0 Å². The lowest BCUT2D eigenvalue weighted by atomic mass is 10.1. The maximum Gasteiger partial charge on any atom is 0.274 e. The predicted molar refractivity (Wildman–Crippen MR) is 78.3 cm³/mol. The van der Waals surface area contributed by atoms with Gasteiger partial charge in [-0.15, -0.1) is 0 Å². The molecule has 0 heterocycles. The molecule has 0 aliphatic carbocycles. The van der Waals surface area contributed by atoms with Gasteiger partial charge in [0.1, 0.15) is 6.04 Å². The minimum Gasteiger partial charge on any atom is -0.350 e. The fraction of sp³-hybridized carbons (Fsp3) is 0.133. The summed E-state index contributed by atoms with van der Waals surface area (Å²) in [7, 11) is 0. The van der Waals surface area contributed by atoms with E-state index in [4.69, 9.17) is 5.73 Å². The van der Waals surface area contributed by atoms with Crippen molar-refractivity contribution in [1.29, 1.82) is 0 Å². The normalized spacial score (nSPS) is 11.7. The molecule has 108 valence electrons. The molecule has 2 rings (SSSR count). The van der Waals surface area contributed by atoms with Crippen LogP contribution in [0.15, 0.2) is 54.6 Å². The number of carbonyl (C=O) groups excluding carboxylic acids is 1. The predicted octanol–water partition coefficient (Wildman–Crippen LogP) is 1.91.